The first-order valence-corrected chi connectivity index (χ1v) is 6.41. The van der Waals surface area contributed by atoms with Crippen molar-refractivity contribution in [1.82, 2.24) is 15.5 Å². The van der Waals surface area contributed by atoms with Crippen LogP contribution in [0, 0.1) is 0 Å². The molecule has 0 saturated carbocycles. The van der Waals surface area contributed by atoms with E-state index in [4.69, 9.17) is 9.47 Å². The Morgan fingerprint density at radius 2 is 2.00 bits per heavy atom. The topological polar surface area (TPSA) is 83.1 Å². The predicted octanol–water partition coefficient (Wildman–Crippen LogP) is -0.740. The Bertz CT molecular complexity index is 239. The first-order chi connectivity index (χ1) is 8.97. The van der Waals surface area contributed by atoms with Gasteiger partial charge in [0, 0.05) is 40.8 Å². The summed E-state index contributed by atoms with van der Waals surface area (Å²) in [5.41, 5.74) is 0. The SMILES string of the molecule is COCC(C)OCC(O)CNCCNC(=O)N(C)C. The molecular formula is C12H27N3O4. The van der Waals surface area contributed by atoms with E-state index in [-0.39, 0.29) is 18.7 Å². The van der Waals surface area contributed by atoms with E-state index in [0.717, 1.165) is 0 Å². The molecule has 0 aromatic rings. The summed E-state index contributed by atoms with van der Waals surface area (Å²) < 4.78 is 10.3. The van der Waals surface area contributed by atoms with Gasteiger partial charge in [0.2, 0.25) is 0 Å². The van der Waals surface area contributed by atoms with Crippen LogP contribution in [-0.2, 0) is 9.47 Å². The molecule has 114 valence electrons. The van der Waals surface area contributed by atoms with Gasteiger partial charge in [0.05, 0.1) is 25.4 Å². The molecule has 0 fully saturated rings. The van der Waals surface area contributed by atoms with Crippen LogP contribution in [0.1, 0.15) is 6.92 Å². The van der Waals surface area contributed by atoms with Crippen LogP contribution >= 0.6 is 0 Å². The minimum atomic E-state index is -0.566. The normalized spacial score (nSPS) is 13.9. The molecule has 0 bridgehead atoms. The molecule has 2 atom stereocenters. The van der Waals surface area contributed by atoms with Gasteiger partial charge in [0.25, 0.3) is 0 Å². The summed E-state index contributed by atoms with van der Waals surface area (Å²) in [6.07, 6.45) is -0.595. The number of aliphatic hydroxyl groups is 1. The van der Waals surface area contributed by atoms with Crippen LogP contribution in [0.5, 0.6) is 0 Å². The third kappa shape index (κ3) is 10.7. The van der Waals surface area contributed by atoms with Crippen molar-refractivity contribution in [2.45, 2.75) is 19.1 Å². The van der Waals surface area contributed by atoms with Crippen LogP contribution in [0.25, 0.3) is 0 Å². The second kappa shape index (κ2) is 11.0. The molecule has 2 unspecified atom stereocenters. The monoisotopic (exact) mass is 277 g/mol. The molecule has 0 aliphatic rings. The summed E-state index contributed by atoms with van der Waals surface area (Å²) in [7, 11) is 4.98. The quantitative estimate of drug-likeness (QED) is 0.458. The minimum absolute atomic E-state index is 0.0287. The standard InChI is InChI=1S/C12H27N3O4/c1-10(8-18-4)19-9-11(16)7-13-5-6-14-12(17)15(2)3/h10-11,13,16H,5-9H2,1-4H3,(H,14,17). The molecule has 3 N–H and O–H groups in total. The van der Waals surface area contributed by atoms with Crippen LogP contribution in [0.3, 0.4) is 0 Å². The predicted molar refractivity (Wildman–Crippen MR) is 73.3 cm³/mol. The average molecular weight is 277 g/mol. The smallest absolute Gasteiger partial charge is 0.316 e. The van der Waals surface area contributed by atoms with E-state index in [1.165, 1.54) is 4.90 Å². The number of ether oxygens (including phenoxy) is 2. The molecule has 0 saturated heterocycles. The lowest BCUT2D eigenvalue weighted by Crippen LogP contribution is -2.40. The van der Waals surface area contributed by atoms with Gasteiger partial charge in [-0.05, 0) is 6.92 Å². The van der Waals surface area contributed by atoms with E-state index in [9.17, 15) is 9.90 Å². The summed E-state index contributed by atoms with van der Waals surface area (Å²) in [6.45, 7) is 4.21. The lowest BCUT2D eigenvalue weighted by atomic mass is 10.3. The van der Waals surface area contributed by atoms with E-state index < -0.39 is 6.10 Å². The molecule has 0 radical (unpaired) electrons. The van der Waals surface area contributed by atoms with Crippen LogP contribution in [0.4, 0.5) is 4.79 Å². The molecule has 0 aromatic carbocycles. The van der Waals surface area contributed by atoms with E-state index in [1.54, 1.807) is 21.2 Å². The Hall–Kier alpha value is -0.890. The van der Waals surface area contributed by atoms with Crippen molar-refractivity contribution in [3.63, 3.8) is 0 Å². The summed E-state index contributed by atoms with van der Waals surface area (Å²) >= 11 is 0. The van der Waals surface area contributed by atoms with Gasteiger partial charge in [-0.2, -0.15) is 0 Å². The Labute approximate surface area is 115 Å². The number of hydrogen-bond donors (Lipinski definition) is 3. The Balaban J connectivity index is 3.43. The van der Waals surface area contributed by atoms with Crippen molar-refractivity contribution in [3.8, 4) is 0 Å². The molecule has 7 nitrogen and oxygen atoms in total. The van der Waals surface area contributed by atoms with Crippen molar-refractivity contribution in [2.24, 2.45) is 0 Å². The zero-order chi connectivity index (χ0) is 14.7. The maximum Gasteiger partial charge on any atom is 0.316 e. The lowest BCUT2D eigenvalue weighted by Gasteiger charge is -2.16. The molecule has 0 aliphatic carbocycles. The molecule has 0 rings (SSSR count). The number of aliphatic hydroxyl groups excluding tert-OH is 1. The number of urea groups is 1. The fourth-order valence-electron chi connectivity index (χ4n) is 1.30. The third-order valence-electron chi connectivity index (χ3n) is 2.34. The molecule has 0 aliphatic heterocycles. The lowest BCUT2D eigenvalue weighted by molar-refractivity contribution is -0.0309. The number of methoxy groups -OCH3 is 1. The van der Waals surface area contributed by atoms with Crippen LogP contribution in [-0.4, -0.2) is 82.3 Å². The molecule has 0 spiro atoms. The van der Waals surface area contributed by atoms with Gasteiger partial charge < -0.3 is 30.1 Å². The highest BCUT2D eigenvalue weighted by Crippen LogP contribution is 1.93. The van der Waals surface area contributed by atoms with Gasteiger partial charge in [0.1, 0.15) is 0 Å². The number of hydrogen-bond acceptors (Lipinski definition) is 5. The molecule has 7 heteroatoms. The highest BCUT2D eigenvalue weighted by molar-refractivity contribution is 5.73. The van der Waals surface area contributed by atoms with Crippen LogP contribution in [0.2, 0.25) is 0 Å². The first-order valence-electron chi connectivity index (χ1n) is 6.41. The number of rotatable bonds is 10. The summed E-state index contributed by atoms with van der Waals surface area (Å²) in [4.78, 5) is 12.7. The van der Waals surface area contributed by atoms with Crippen LogP contribution in [0.15, 0.2) is 0 Å². The van der Waals surface area contributed by atoms with E-state index in [2.05, 4.69) is 10.6 Å². The van der Waals surface area contributed by atoms with Crippen molar-refractivity contribution in [3.05, 3.63) is 0 Å². The zero-order valence-electron chi connectivity index (χ0n) is 12.3. The minimum Gasteiger partial charge on any atom is -0.389 e. The van der Waals surface area contributed by atoms with Gasteiger partial charge in [-0.3, -0.25) is 0 Å². The van der Waals surface area contributed by atoms with Crippen molar-refractivity contribution in [1.29, 1.82) is 0 Å². The van der Waals surface area contributed by atoms with Gasteiger partial charge in [-0.25, -0.2) is 4.79 Å². The van der Waals surface area contributed by atoms with E-state index >= 15 is 0 Å². The maximum absolute atomic E-state index is 11.2. The Kier molecular flexibility index (Phi) is 10.5. The fourth-order valence-corrected chi connectivity index (χ4v) is 1.30. The highest BCUT2D eigenvalue weighted by Gasteiger charge is 2.07. The maximum atomic E-state index is 11.2. The fraction of sp³-hybridized carbons (Fsp3) is 0.917. The summed E-state index contributed by atoms with van der Waals surface area (Å²) in [6, 6.07) is -0.126. The number of carbonyl (C=O) groups is 1. The van der Waals surface area contributed by atoms with Gasteiger partial charge in [-0.15, -0.1) is 0 Å². The van der Waals surface area contributed by atoms with E-state index in [0.29, 0.717) is 26.2 Å². The number of carbonyl (C=O) groups excluding carboxylic acids is 1. The number of nitrogens with zero attached hydrogens (tertiary/aromatic N) is 1. The molecule has 2 amide bonds. The number of nitrogens with one attached hydrogen (secondary N) is 2. The summed E-state index contributed by atoms with van der Waals surface area (Å²) in [5, 5.41) is 15.4. The molecule has 0 aromatic heterocycles. The Morgan fingerprint density at radius 3 is 2.58 bits per heavy atom. The van der Waals surface area contributed by atoms with Gasteiger partial charge in [-0.1, -0.05) is 0 Å². The number of amides is 2. The third-order valence-corrected chi connectivity index (χ3v) is 2.34. The molecule has 19 heavy (non-hydrogen) atoms. The molecular weight excluding hydrogens is 250 g/mol. The molecule has 0 heterocycles. The van der Waals surface area contributed by atoms with Gasteiger partial charge in [0.15, 0.2) is 0 Å². The van der Waals surface area contributed by atoms with Crippen molar-refractivity contribution in [2.75, 3.05) is 54.1 Å². The van der Waals surface area contributed by atoms with E-state index in [1.807, 2.05) is 6.92 Å². The van der Waals surface area contributed by atoms with Crippen molar-refractivity contribution < 1.29 is 19.4 Å². The summed E-state index contributed by atoms with van der Waals surface area (Å²) in [5.74, 6) is 0. The van der Waals surface area contributed by atoms with Gasteiger partial charge >= 0.3 is 6.03 Å². The second-order valence-corrected chi connectivity index (χ2v) is 4.58. The zero-order valence-corrected chi connectivity index (χ0v) is 12.3. The largest absolute Gasteiger partial charge is 0.389 e. The Morgan fingerprint density at radius 1 is 1.32 bits per heavy atom. The first kappa shape index (κ1) is 18.1. The highest BCUT2D eigenvalue weighted by atomic mass is 16.5. The van der Waals surface area contributed by atoms with Crippen LogP contribution < -0.4 is 10.6 Å². The van der Waals surface area contributed by atoms with Crippen molar-refractivity contribution >= 4 is 6.03 Å². The second-order valence-electron chi connectivity index (χ2n) is 4.58. The average Bonchev–Trinajstić information content (AvgIpc) is 2.36.